The van der Waals surface area contributed by atoms with E-state index in [1.807, 2.05) is 43.5 Å². The van der Waals surface area contributed by atoms with E-state index in [-0.39, 0.29) is 36.5 Å². The highest BCUT2D eigenvalue weighted by Gasteiger charge is 2.26. The number of carbonyl (C=O) groups is 1. The molecule has 2 heterocycles. The maximum Gasteiger partial charge on any atom is 0.241 e. The molecule has 1 N–H and O–H groups in total. The Labute approximate surface area is 199 Å². The van der Waals surface area contributed by atoms with E-state index < -0.39 is 0 Å². The second-order valence-electron chi connectivity index (χ2n) is 9.25. The number of amides is 1. The number of carbonyl (C=O) groups excluding carboxylic acids is 1. The quantitative estimate of drug-likeness (QED) is 0.565. The fraction of sp³-hybridized carbons (Fsp3) is 0.407. The lowest BCUT2D eigenvalue weighted by atomic mass is 9.92. The third-order valence-electron chi connectivity index (χ3n) is 6.65. The smallest absolute Gasteiger partial charge is 0.241 e. The number of nitrogens with one attached hydrogen (secondary N) is 1. The Morgan fingerprint density at radius 3 is 2.74 bits per heavy atom. The summed E-state index contributed by atoms with van der Waals surface area (Å²) in [6.07, 6.45) is 6.84. The van der Waals surface area contributed by atoms with Crippen LogP contribution < -0.4 is 14.8 Å². The number of hydrogen-bond acceptors (Lipinski definition) is 4. The zero-order valence-corrected chi connectivity index (χ0v) is 19.4. The van der Waals surface area contributed by atoms with E-state index in [1.165, 1.54) is 6.07 Å². The predicted octanol–water partition coefficient (Wildman–Crippen LogP) is 4.90. The summed E-state index contributed by atoms with van der Waals surface area (Å²) in [7, 11) is 0. The van der Waals surface area contributed by atoms with Gasteiger partial charge in [-0.1, -0.05) is 18.2 Å². The number of rotatable bonds is 6. The van der Waals surface area contributed by atoms with Gasteiger partial charge in [0.15, 0.2) is 0 Å². The largest absolute Gasteiger partial charge is 0.490 e. The Kier molecular flexibility index (Phi) is 6.52. The first-order chi connectivity index (χ1) is 16.5. The molecule has 0 spiro atoms. The van der Waals surface area contributed by atoms with Gasteiger partial charge in [0.2, 0.25) is 5.91 Å². The highest BCUT2D eigenvalue weighted by Crippen LogP contribution is 2.38. The molecule has 1 aliphatic heterocycles. The highest BCUT2D eigenvalue weighted by atomic mass is 19.1. The molecule has 1 atom stereocenters. The van der Waals surface area contributed by atoms with E-state index in [4.69, 9.17) is 9.47 Å². The standard InChI is InChI=1S/C27H30FN3O3/c1-18-14-15-31(30-18)17-27(32)29-20-7-9-21(10-8-20)33-22-11-13-25-19(16-22)6-12-26(34-25)23-4-2-3-5-24(23)28/h2-5,11,13-16,20-21,26H,6-10,12,17H2,1H3,(H,29,32). The fourth-order valence-electron chi connectivity index (χ4n) is 4.88. The lowest BCUT2D eigenvalue weighted by Gasteiger charge is -2.30. The number of aryl methyl sites for hydroxylation is 2. The van der Waals surface area contributed by atoms with E-state index in [2.05, 4.69) is 10.4 Å². The SMILES string of the molecule is Cc1ccn(CC(=O)NC2CCC(Oc3ccc4c(c3)CCC(c3ccccc3F)O4)CC2)n1. The number of benzene rings is 2. The van der Waals surface area contributed by atoms with Crippen LogP contribution in [0.25, 0.3) is 0 Å². The molecule has 1 saturated carbocycles. The van der Waals surface area contributed by atoms with Crippen LogP contribution in [0.4, 0.5) is 4.39 Å². The highest BCUT2D eigenvalue weighted by molar-refractivity contribution is 5.75. The zero-order valence-electron chi connectivity index (χ0n) is 19.4. The molecule has 34 heavy (non-hydrogen) atoms. The van der Waals surface area contributed by atoms with Gasteiger partial charge in [0, 0.05) is 17.8 Å². The van der Waals surface area contributed by atoms with Crippen molar-refractivity contribution < 1.29 is 18.7 Å². The van der Waals surface area contributed by atoms with Crippen LogP contribution >= 0.6 is 0 Å². The van der Waals surface area contributed by atoms with Crippen molar-refractivity contribution in [1.29, 1.82) is 0 Å². The van der Waals surface area contributed by atoms with Gasteiger partial charge in [-0.15, -0.1) is 0 Å². The summed E-state index contributed by atoms with van der Waals surface area (Å²) in [5.41, 5.74) is 2.61. The van der Waals surface area contributed by atoms with E-state index in [9.17, 15) is 9.18 Å². The van der Waals surface area contributed by atoms with Crippen LogP contribution in [-0.2, 0) is 17.8 Å². The topological polar surface area (TPSA) is 65.4 Å². The first kappa shape index (κ1) is 22.4. The summed E-state index contributed by atoms with van der Waals surface area (Å²) in [6.45, 7) is 2.16. The lowest BCUT2D eigenvalue weighted by molar-refractivity contribution is -0.122. The normalized spacial score (nSPS) is 21.9. The Morgan fingerprint density at radius 2 is 1.97 bits per heavy atom. The Bertz CT molecular complexity index is 1150. The molecule has 7 heteroatoms. The molecule has 3 aromatic rings. The summed E-state index contributed by atoms with van der Waals surface area (Å²) in [5.74, 6) is 1.41. The zero-order chi connectivity index (χ0) is 23.5. The van der Waals surface area contributed by atoms with Crippen molar-refractivity contribution in [3.8, 4) is 11.5 Å². The van der Waals surface area contributed by atoms with Crippen molar-refractivity contribution in [2.45, 2.75) is 70.2 Å². The van der Waals surface area contributed by atoms with Gasteiger partial charge in [0.05, 0.1) is 11.8 Å². The molecule has 5 rings (SSSR count). The molecular weight excluding hydrogens is 433 g/mol. The van der Waals surface area contributed by atoms with Crippen LogP contribution in [0.15, 0.2) is 54.7 Å². The number of halogens is 1. The fourth-order valence-corrected chi connectivity index (χ4v) is 4.88. The van der Waals surface area contributed by atoms with E-state index in [0.717, 1.165) is 61.3 Å². The second kappa shape index (κ2) is 9.87. The first-order valence-electron chi connectivity index (χ1n) is 12.0. The van der Waals surface area contributed by atoms with Crippen molar-refractivity contribution in [3.63, 3.8) is 0 Å². The van der Waals surface area contributed by atoms with Gasteiger partial charge in [0.1, 0.15) is 30.0 Å². The third kappa shape index (κ3) is 5.24. The minimum atomic E-state index is -0.261. The van der Waals surface area contributed by atoms with Crippen LogP contribution in [-0.4, -0.2) is 27.8 Å². The number of ether oxygens (including phenoxy) is 2. The van der Waals surface area contributed by atoms with Crippen molar-refractivity contribution in [3.05, 3.63) is 77.4 Å². The van der Waals surface area contributed by atoms with Gasteiger partial charge in [-0.3, -0.25) is 9.48 Å². The van der Waals surface area contributed by atoms with Crippen LogP contribution in [0.2, 0.25) is 0 Å². The van der Waals surface area contributed by atoms with E-state index in [0.29, 0.717) is 5.56 Å². The van der Waals surface area contributed by atoms with Gasteiger partial charge in [-0.25, -0.2) is 4.39 Å². The minimum Gasteiger partial charge on any atom is -0.490 e. The maximum atomic E-state index is 14.1. The summed E-state index contributed by atoms with van der Waals surface area (Å²) < 4.78 is 28.2. The van der Waals surface area contributed by atoms with Crippen molar-refractivity contribution >= 4 is 5.91 Å². The van der Waals surface area contributed by atoms with Crippen LogP contribution in [0, 0.1) is 12.7 Å². The number of fused-ring (bicyclic) bond motifs is 1. The lowest BCUT2D eigenvalue weighted by Crippen LogP contribution is -2.41. The average Bonchev–Trinajstić information content (AvgIpc) is 3.24. The van der Waals surface area contributed by atoms with Gasteiger partial charge >= 0.3 is 0 Å². The molecule has 1 unspecified atom stereocenters. The first-order valence-corrected chi connectivity index (χ1v) is 12.0. The summed E-state index contributed by atoms with van der Waals surface area (Å²) in [4.78, 5) is 12.3. The second-order valence-corrected chi connectivity index (χ2v) is 9.25. The molecule has 0 saturated heterocycles. The van der Waals surface area contributed by atoms with Gasteiger partial charge in [-0.2, -0.15) is 5.10 Å². The van der Waals surface area contributed by atoms with E-state index in [1.54, 1.807) is 16.8 Å². The van der Waals surface area contributed by atoms with Crippen LogP contribution in [0.3, 0.4) is 0 Å². The monoisotopic (exact) mass is 463 g/mol. The number of aromatic nitrogens is 2. The van der Waals surface area contributed by atoms with Crippen LogP contribution in [0.1, 0.15) is 55.0 Å². The summed E-state index contributed by atoms with van der Waals surface area (Å²) in [6, 6.07) is 14.8. The molecule has 1 fully saturated rings. The predicted molar refractivity (Wildman–Crippen MR) is 126 cm³/mol. The van der Waals surface area contributed by atoms with Gasteiger partial charge in [0.25, 0.3) is 0 Å². The molecule has 1 aliphatic carbocycles. The minimum absolute atomic E-state index is 0.00385. The molecule has 178 valence electrons. The Morgan fingerprint density at radius 1 is 1.15 bits per heavy atom. The molecular formula is C27H30FN3O3. The molecule has 6 nitrogen and oxygen atoms in total. The molecule has 0 bridgehead atoms. The number of nitrogens with zero attached hydrogens (tertiary/aromatic N) is 2. The van der Waals surface area contributed by atoms with Gasteiger partial charge < -0.3 is 14.8 Å². The Balaban J connectivity index is 1.11. The van der Waals surface area contributed by atoms with Crippen molar-refractivity contribution in [2.75, 3.05) is 0 Å². The number of hydrogen-bond donors (Lipinski definition) is 1. The van der Waals surface area contributed by atoms with E-state index >= 15 is 0 Å². The molecule has 0 radical (unpaired) electrons. The van der Waals surface area contributed by atoms with Gasteiger partial charge in [-0.05, 0) is 81.3 Å². The maximum absolute atomic E-state index is 14.1. The third-order valence-corrected chi connectivity index (χ3v) is 6.65. The van der Waals surface area contributed by atoms with Crippen molar-refractivity contribution in [2.24, 2.45) is 0 Å². The molecule has 2 aliphatic rings. The summed E-state index contributed by atoms with van der Waals surface area (Å²) >= 11 is 0. The average molecular weight is 464 g/mol. The summed E-state index contributed by atoms with van der Waals surface area (Å²) in [5, 5.41) is 7.39. The molecule has 2 aromatic carbocycles. The Hall–Kier alpha value is -3.35. The molecule has 1 aromatic heterocycles. The molecule has 1 amide bonds. The van der Waals surface area contributed by atoms with Crippen molar-refractivity contribution in [1.82, 2.24) is 15.1 Å². The van der Waals surface area contributed by atoms with Crippen LogP contribution in [0.5, 0.6) is 11.5 Å².